The number of methoxy groups -OCH3 is 1. The molecule has 76 valence electrons. The van der Waals surface area contributed by atoms with Crippen molar-refractivity contribution in [3.8, 4) is 5.75 Å². The molecule has 0 heterocycles. The molecule has 0 aliphatic rings. The van der Waals surface area contributed by atoms with Crippen LogP contribution in [-0.4, -0.2) is 18.2 Å². The van der Waals surface area contributed by atoms with Crippen LogP contribution in [0.1, 0.15) is 27.0 Å². The molecule has 0 amide bonds. The third-order valence-corrected chi connectivity index (χ3v) is 2.32. The van der Waals surface area contributed by atoms with Crippen LogP contribution in [0.5, 0.6) is 5.75 Å². The summed E-state index contributed by atoms with van der Waals surface area (Å²) in [5.74, 6) is -0.244. The molecular weight excluding hydrogens is 180 g/mol. The largest absolute Gasteiger partial charge is 0.507 e. The lowest BCUT2D eigenvalue weighted by Gasteiger charge is -2.11. The maximum Gasteiger partial charge on any atom is 0.338 e. The van der Waals surface area contributed by atoms with Crippen LogP contribution in [0.2, 0.25) is 0 Å². The molecule has 3 nitrogen and oxygen atoms in total. The van der Waals surface area contributed by atoms with E-state index in [9.17, 15) is 9.90 Å². The number of hydrogen-bond donors (Lipinski definition) is 1. The van der Waals surface area contributed by atoms with Crippen molar-refractivity contribution in [2.45, 2.75) is 20.8 Å². The molecule has 1 aromatic carbocycles. The number of carbonyl (C=O) groups excluding carboxylic acids is 1. The fourth-order valence-corrected chi connectivity index (χ4v) is 1.59. The molecule has 0 aliphatic carbocycles. The number of aromatic hydroxyl groups is 1. The standard InChI is InChI=1S/C11H14O3/c1-6-5-7(2)10(12)8(3)9(6)11(13)14-4/h5,12H,1-4H3. The summed E-state index contributed by atoms with van der Waals surface area (Å²) in [7, 11) is 1.33. The highest BCUT2D eigenvalue weighted by atomic mass is 16.5. The minimum Gasteiger partial charge on any atom is -0.507 e. The average molecular weight is 194 g/mol. The average Bonchev–Trinajstić information content (AvgIpc) is 2.14. The van der Waals surface area contributed by atoms with E-state index in [0.29, 0.717) is 11.1 Å². The van der Waals surface area contributed by atoms with Gasteiger partial charge in [-0.2, -0.15) is 0 Å². The lowest BCUT2D eigenvalue weighted by molar-refractivity contribution is 0.0598. The zero-order chi connectivity index (χ0) is 10.9. The molecule has 1 aromatic rings. The quantitative estimate of drug-likeness (QED) is 0.696. The fraction of sp³-hybridized carbons (Fsp3) is 0.364. The highest BCUT2D eigenvalue weighted by Crippen LogP contribution is 2.27. The van der Waals surface area contributed by atoms with Crippen LogP contribution >= 0.6 is 0 Å². The molecule has 0 saturated heterocycles. The Morgan fingerprint density at radius 1 is 1.29 bits per heavy atom. The van der Waals surface area contributed by atoms with Gasteiger partial charge in [-0.05, 0) is 31.9 Å². The number of esters is 1. The Morgan fingerprint density at radius 3 is 2.36 bits per heavy atom. The molecule has 3 heteroatoms. The van der Waals surface area contributed by atoms with Crippen molar-refractivity contribution in [2.24, 2.45) is 0 Å². The van der Waals surface area contributed by atoms with Crippen molar-refractivity contribution in [3.05, 3.63) is 28.3 Å². The summed E-state index contributed by atoms with van der Waals surface area (Å²) in [5.41, 5.74) is 2.63. The zero-order valence-corrected chi connectivity index (χ0v) is 8.84. The van der Waals surface area contributed by atoms with Crippen molar-refractivity contribution in [1.82, 2.24) is 0 Å². The molecule has 14 heavy (non-hydrogen) atoms. The van der Waals surface area contributed by atoms with Gasteiger partial charge in [-0.1, -0.05) is 6.07 Å². The van der Waals surface area contributed by atoms with Crippen LogP contribution in [0.15, 0.2) is 6.07 Å². The Balaban J connectivity index is 3.44. The summed E-state index contributed by atoms with van der Waals surface area (Å²) < 4.78 is 4.64. The van der Waals surface area contributed by atoms with E-state index >= 15 is 0 Å². The fourth-order valence-electron chi connectivity index (χ4n) is 1.59. The molecule has 1 rings (SSSR count). The van der Waals surface area contributed by atoms with E-state index in [0.717, 1.165) is 11.1 Å². The van der Waals surface area contributed by atoms with E-state index in [2.05, 4.69) is 4.74 Å². The number of phenols is 1. The molecule has 0 aromatic heterocycles. The van der Waals surface area contributed by atoms with Crippen LogP contribution in [0.4, 0.5) is 0 Å². The Bertz CT molecular complexity index is 381. The van der Waals surface area contributed by atoms with Gasteiger partial charge >= 0.3 is 5.97 Å². The number of hydrogen-bond acceptors (Lipinski definition) is 3. The number of ether oxygens (including phenoxy) is 1. The van der Waals surface area contributed by atoms with Crippen LogP contribution in [0.25, 0.3) is 0 Å². The summed E-state index contributed by atoms with van der Waals surface area (Å²) in [6, 6.07) is 1.77. The SMILES string of the molecule is COC(=O)c1c(C)cc(C)c(O)c1C. The Kier molecular flexibility index (Phi) is 2.79. The van der Waals surface area contributed by atoms with Gasteiger partial charge in [0.1, 0.15) is 5.75 Å². The molecule has 0 atom stereocenters. The zero-order valence-electron chi connectivity index (χ0n) is 8.84. The van der Waals surface area contributed by atoms with Crippen LogP contribution in [-0.2, 0) is 4.74 Å². The summed E-state index contributed by atoms with van der Waals surface area (Å²) in [5, 5.41) is 9.65. The molecule has 0 fully saturated rings. The summed E-state index contributed by atoms with van der Waals surface area (Å²) in [6.45, 7) is 5.34. The van der Waals surface area contributed by atoms with Gasteiger partial charge in [0.15, 0.2) is 0 Å². The maximum atomic E-state index is 11.4. The van der Waals surface area contributed by atoms with E-state index in [1.54, 1.807) is 19.9 Å². The van der Waals surface area contributed by atoms with Gasteiger partial charge in [0, 0.05) is 5.56 Å². The number of rotatable bonds is 1. The first-order chi connectivity index (χ1) is 6.49. The van der Waals surface area contributed by atoms with Crippen LogP contribution in [0.3, 0.4) is 0 Å². The molecule has 1 N–H and O–H groups in total. The Labute approximate surface area is 83.3 Å². The molecule has 0 bridgehead atoms. The number of benzene rings is 1. The minimum atomic E-state index is -0.407. The van der Waals surface area contributed by atoms with E-state index < -0.39 is 5.97 Å². The topological polar surface area (TPSA) is 46.5 Å². The van der Waals surface area contributed by atoms with Crippen molar-refractivity contribution in [2.75, 3.05) is 7.11 Å². The van der Waals surface area contributed by atoms with E-state index in [-0.39, 0.29) is 5.75 Å². The monoisotopic (exact) mass is 194 g/mol. The number of phenolic OH excluding ortho intramolecular Hbond substituents is 1. The molecule has 0 unspecified atom stereocenters. The third-order valence-electron chi connectivity index (χ3n) is 2.32. The first-order valence-corrected chi connectivity index (χ1v) is 4.37. The van der Waals surface area contributed by atoms with Crippen molar-refractivity contribution in [3.63, 3.8) is 0 Å². The van der Waals surface area contributed by atoms with Gasteiger partial charge in [0.25, 0.3) is 0 Å². The highest BCUT2D eigenvalue weighted by molar-refractivity contribution is 5.93. The predicted molar refractivity (Wildman–Crippen MR) is 53.7 cm³/mol. The van der Waals surface area contributed by atoms with Gasteiger partial charge < -0.3 is 9.84 Å². The van der Waals surface area contributed by atoms with E-state index in [4.69, 9.17) is 0 Å². The first kappa shape index (κ1) is 10.6. The third kappa shape index (κ3) is 1.58. The second kappa shape index (κ2) is 3.70. The normalized spacial score (nSPS) is 10.0. The predicted octanol–water partition coefficient (Wildman–Crippen LogP) is 2.10. The van der Waals surface area contributed by atoms with Crippen LogP contribution < -0.4 is 0 Å². The van der Waals surface area contributed by atoms with Gasteiger partial charge in [0.2, 0.25) is 0 Å². The van der Waals surface area contributed by atoms with Crippen molar-refractivity contribution < 1.29 is 14.6 Å². The van der Waals surface area contributed by atoms with Crippen molar-refractivity contribution in [1.29, 1.82) is 0 Å². The minimum absolute atomic E-state index is 0.163. The van der Waals surface area contributed by atoms with Gasteiger partial charge in [0.05, 0.1) is 12.7 Å². The van der Waals surface area contributed by atoms with E-state index in [1.807, 2.05) is 6.92 Å². The lowest BCUT2D eigenvalue weighted by atomic mass is 9.98. The summed E-state index contributed by atoms with van der Waals surface area (Å²) in [4.78, 5) is 11.4. The summed E-state index contributed by atoms with van der Waals surface area (Å²) in [6.07, 6.45) is 0. The van der Waals surface area contributed by atoms with Gasteiger partial charge in [-0.25, -0.2) is 4.79 Å². The first-order valence-electron chi connectivity index (χ1n) is 4.37. The van der Waals surface area contributed by atoms with E-state index in [1.165, 1.54) is 7.11 Å². The lowest BCUT2D eigenvalue weighted by Crippen LogP contribution is -2.07. The maximum absolute atomic E-state index is 11.4. The molecule has 0 spiro atoms. The van der Waals surface area contributed by atoms with Crippen LogP contribution in [0, 0.1) is 20.8 Å². The number of aryl methyl sites for hydroxylation is 2. The molecule has 0 aliphatic heterocycles. The van der Waals surface area contributed by atoms with Gasteiger partial charge in [-0.15, -0.1) is 0 Å². The Morgan fingerprint density at radius 2 is 1.86 bits per heavy atom. The Hall–Kier alpha value is -1.51. The van der Waals surface area contributed by atoms with Gasteiger partial charge in [-0.3, -0.25) is 0 Å². The molecule has 0 saturated carbocycles. The second-order valence-corrected chi connectivity index (χ2v) is 3.35. The smallest absolute Gasteiger partial charge is 0.338 e. The molecular formula is C11H14O3. The molecule has 0 radical (unpaired) electrons. The summed E-state index contributed by atoms with van der Waals surface area (Å²) >= 11 is 0. The second-order valence-electron chi connectivity index (χ2n) is 3.35. The number of carbonyl (C=O) groups is 1. The van der Waals surface area contributed by atoms with Crippen molar-refractivity contribution >= 4 is 5.97 Å². The highest BCUT2D eigenvalue weighted by Gasteiger charge is 2.16.